The first kappa shape index (κ1) is 21.4. The molecular weight excluding hydrogens is 380 g/mol. The van der Waals surface area contributed by atoms with Gasteiger partial charge in [-0.1, -0.05) is 61.9 Å². The first-order valence-electron chi connectivity index (χ1n) is 10.3. The standard InChI is InChI=1S/C24H28N2O4/c1-4-10-19-21(23(27)30-16(2)3)22(26-24(28)25-19)18-13-8-9-14-20(18)29-15-17-11-6-5-7-12-17/h5-9,11-14,16,22H,4,10,15H2,1-3H3,(H2,25,26,28). The van der Waals surface area contributed by atoms with E-state index in [0.29, 0.717) is 35.6 Å². The molecule has 1 aliphatic heterocycles. The smallest absolute Gasteiger partial charge is 0.338 e. The summed E-state index contributed by atoms with van der Waals surface area (Å²) in [4.78, 5) is 25.3. The first-order chi connectivity index (χ1) is 14.5. The summed E-state index contributed by atoms with van der Waals surface area (Å²) in [7, 11) is 0. The average Bonchev–Trinajstić information content (AvgIpc) is 2.72. The van der Waals surface area contributed by atoms with Gasteiger partial charge in [0.05, 0.1) is 17.7 Å². The number of carbonyl (C=O) groups is 2. The third-order valence-corrected chi connectivity index (χ3v) is 4.68. The molecule has 0 aliphatic carbocycles. The van der Waals surface area contributed by atoms with Crippen LogP contribution in [-0.4, -0.2) is 18.1 Å². The summed E-state index contributed by atoms with van der Waals surface area (Å²) in [6.07, 6.45) is 1.09. The molecule has 1 heterocycles. The van der Waals surface area contributed by atoms with Crippen LogP contribution >= 0.6 is 0 Å². The molecule has 1 atom stereocenters. The van der Waals surface area contributed by atoms with Gasteiger partial charge in [-0.25, -0.2) is 9.59 Å². The van der Waals surface area contributed by atoms with E-state index in [4.69, 9.17) is 9.47 Å². The molecule has 0 spiro atoms. The van der Waals surface area contributed by atoms with E-state index in [1.165, 1.54) is 0 Å². The van der Waals surface area contributed by atoms with Crippen LogP contribution < -0.4 is 15.4 Å². The number of allylic oxidation sites excluding steroid dienone is 1. The van der Waals surface area contributed by atoms with Crippen LogP contribution in [-0.2, 0) is 16.1 Å². The van der Waals surface area contributed by atoms with Crippen LogP contribution in [0.2, 0.25) is 0 Å². The lowest BCUT2D eigenvalue weighted by Crippen LogP contribution is -2.46. The van der Waals surface area contributed by atoms with Crippen LogP contribution in [0.25, 0.3) is 0 Å². The number of amides is 2. The van der Waals surface area contributed by atoms with Gasteiger partial charge in [-0.15, -0.1) is 0 Å². The molecule has 158 valence electrons. The fourth-order valence-electron chi connectivity index (χ4n) is 3.40. The number of carbonyl (C=O) groups excluding carboxylic acids is 2. The molecule has 1 unspecified atom stereocenters. The average molecular weight is 408 g/mol. The number of benzene rings is 2. The quantitative estimate of drug-likeness (QED) is 0.625. The fraction of sp³-hybridized carbons (Fsp3) is 0.333. The summed E-state index contributed by atoms with van der Waals surface area (Å²) >= 11 is 0. The van der Waals surface area contributed by atoms with Crippen molar-refractivity contribution >= 4 is 12.0 Å². The molecule has 0 radical (unpaired) electrons. The SMILES string of the molecule is CCCC1=C(C(=O)OC(C)C)C(c2ccccc2OCc2ccccc2)NC(=O)N1. The Morgan fingerprint density at radius 1 is 1.07 bits per heavy atom. The summed E-state index contributed by atoms with van der Waals surface area (Å²) in [6, 6.07) is 16.3. The predicted octanol–water partition coefficient (Wildman–Crippen LogP) is 4.63. The van der Waals surface area contributed by atoms with Crippen LogP contribution in [0.4, 0.5) is 4.79 Å². The number of nitrogens with one attached hydrogen (secondary N) is 2. The van der Waals surface area contributed by atoms with Gasteiger partial charge in [-0.05, 0) is 31.9 Å². The highest BCUT2D eigenvalue weighted by Crippen LogP contribution is 2.35. The van der Waals surface area contributed by atoms with E-state index in [1.54, 1.807) is 13.8 Å². The number of urea groups is 1. The zero-order chi connectivity index (χ0) is 21.5. The van der Waals surface area contributed by atoms with E-state index in [0.717, 1.165) is 12.0 Å². The maximum absolute atomic E-state index is 13.0. The van der Waals surface area contributed by atoms with Gasteiger partial charge in [0, 0.05) is 11.3 Å². The molecule has 0 bridgehead atoms. The van der Waals surface area contributed by atoms with E-state index in [-0.39, 0.29) is 12.1 Å². The van der Waals surface area contributed by atoms with E-state index in [1.807, 2.05) is 61.5 Å². The highest BCUT2D eigenvalue weighted by Gasteiger charge is 2.35. The minimum atomic E-state index is -0.654. The van der Waals surface area contributed by atoms with Gasteiger partial charge < -0.3 is 20.1 Å². The lowest BCUT2D eigenvalue weighted by atomic mass is 9.93. The van der Waals surface area contributed by atoms with Crippen molar-refractivity contribution in [1.82, 2.24) is 10.6 Å². The topological polar surface area (TPSA) is 76.7 Å². The van der Waals surface area contributed by atoms with Crippen LogP contribution in [0.1, 0.15) is 50.8 Å². The van der Waals surface area contributed by atoms with E-state index in [2.05, 4.69) is 10.6 Å². The Hall–Kier alpha value is -3.28. The van der Waals surface area contributed by atoms with E-state index in [9.17, 15) is 9.59 Å². The second-order valence-electron chi connectivity index (χ2n) is 7.44. The Balaban J connectivity index is 1.97. The van der Waals surface area contributed by atoms with E-state index < -0.39 is 12.0 Å². The molecule has 2 N–H and O–H groups in total. The highest BCUT2D eigenvalue weighted by atomic mass is 16.5. The van der Waals surface area contributed by atoms with Crippen LogP contribution in [0, 0.1) is 0 Å². The van der Waals surface area contributed by atoms with Gasteiger partial charge in [0.1, 0.15) is 12.4 Å². The molecular formula is C24H28N2O4. The van der Waals surface area contributed by atoms with Gasteiger partial charge >= 0.3 is 12.0 Å². The van der Waals surface area contributed by atoms with Crippen molar-refractivity contribution in [2.45, 2.75) is 52.4 Å². The van der Waals surface area contributed by atoms with Crippen molar-refractivity contribution in [1.29, 1.82) is 0 Å². The van der Waals surface area contributed by atoms with Crippen molar-refractivity contribution in [3.05, 3.63) is 77.0 Å². The maximum Gasteiger partial charge on any atom is 0.338 e. The monoisotopic (exact) mass is 408 g/mol. The third-order valence-electron chi connectivity index (χ3n) is 4.68. The Kier molecular flexibility index (Phi) is 7.12. The molecule has 2 aromatic carbocycles. The number of para-hydroxylation sites is 1. The Bertz CT molecular complexity index is 922. The molecule has 0 aromatic heterocycles. The van der Waals surface area contributed by atoms with Gasteiger partial charge in [0.15, 0.2) is 0 Å². The summed E-state index contributed by atoms with van der Waals surface area (Å²) in [5.41, 5.74) is 2.76. The van der Waals surface area contributed by atoms with Crippen LogP contribution in [0.3, 0.4) is 0 Å². The van der Waals surface area contributed by atoms with Gasteiger partial charge in [-0.3, -0.25) is 0 Å². The van der Waals surface area contributed by atoms with Crippen molar-refractivity contribution in [2.24, 2.45) is 0 Å². The molecule has 0 fully saturated rings. The zero-order valence-corrected chi connectivity index (χ0v) is 17.6. The normalized spacial score (nSPS) is 16.1. The number of rotatable bonds is 8. The van der Waals surface area contributed by atoms with Crippen LogP contribution in [0.15, 0.2) is 65.9 Å². The highest BCUT2D eigenvalue weighted by molar-refractivity contribution is 5.95. The number of hydrogen-bond donors (Lipinski definition) is 2. The largest absolute Gasteiger partial charge is 0.489 e. The summed E-state index contributed by atoms with van der Waals surface area (Å²) in [5, 5.41) is 5.66. The maximum atomic E-state index is 13.0. The number of ether oxygens (including phenoxy) is 2. The fourth-order valence-corrected chi connectivity index (χ4v) is 3.40. The molecule has 2 amide bonds. The number of hydrogen-bond acceptors (Lipinski definition) is 4. The molecule has 0 saturated carbocycles. The van der Waals surface area contributed by atoms with Crippen molar-refractivity contribution in [2.75, 3.05) is 0 Å². The van der Waals surface area contributed by atoms with E-state index >= 15 is 0 Å². The second-order valence-corrected chi connectivity index (χ2v) is 7.44. The lowest BCUT2D eigenvalue weighted by Gasteiger charge is -2.30. The Morgan fingerprint density at radius 3 is 2.47 bits per heavy atom. The van der Waals surface area contributed by atoms with Crippen molar-refractivity contribution in [3.8, 4) is 5.75 Å². The minimum Gasteiger partial charge on any atom is -0.489 e. The van der Waals surface area contributed by atoms with Crippen LogP contribution in [0.5, 0.6) is 5.75 Å². The predicted molar refractivity (Wildman–Crippen MR) is 115 cm³/mol. The molecule has 6 nitrogen and oxygen atoms in total. The molecule has 0 saturated heterocycles. The zero-order valence-electron chi connectivity index (χ0n) is 17.6. The molecule has 3 rings (SSSR count). The summed E-state index contributed by atoms with van der Waals surface area (Å²) in [5.74, 6) is 0.170. The third kappa shape index (κ3) is 5.20. The Labute approximate surface area is 177 Å². The molecule has 6 heteroatoms. The first-order valence-corrected chi connectivity index (χ1v) is 10.3. The van der Waals surface area contributed by atoms with Gasteiger partial charge in [0.2, 0.25) is 0 Å². The molecule has 30 heavy (non-hydrogen) atoms. The number of esters is 1. The van der Waals surface area contributed by atoms with Crippen molar-refractivity contribution < 1.29 is 19.1 Å². The molecule has 1 aliphatic rings. The van der Waals surface area contributed by atoms with Gasteiger partial charge in [0.25, 0.3) is 0 Å². The lowest BCUT2D eigenvalue weighted by molar-refractivity contribution is -0.143. The summed E-state index contributed by atoms with van der Waals surface area (Å²) in [6.45, 7) is 5.99. The van der Waals surface area contributed by atoms with Crippen molar-refractivity contribution in [3.63, 3.8) is 0 Å². The van der Waals surface area contributed by atoms with Gasteiger partial charge in [-0.2, -0.15) is 0 Å². The Morgan fingerprint density at radius 2 is 1.77 bits per heavy atom. The summed E-state index contributed by atoms with van der Waals surface area (Å²) < 4.78 is 11.6. The molecule has 2 aromatic rings. The minimum absolute atomic E-state index is 0.268. The second kappa shape index (κ2) is 9.96.